The van der Waals surface area contributed by atoms with Crippen LogP contribution in [-0.4, -0.2) is 44.3 Å². The fourth-order valence-electron chi connectivity index (χ4n) is 1.21. The second kappa shape index (κ2) is 9.23. The van der Waals surface area contributed by atoms with Crippen molar-refractivity contribution < 1.29 is 16.6 Å². The van der Waals surface area contributed by atoms with Crippen molar-refractivity contribution in [2.24, 2.45) is 0 Å². The minimum Gasteiger partial charge on any atom is -0.309 e. The van der Waals surface area contributed by atoms with Gasteiger partial charge in [-0.25, -0.2) is 0 Å². The third kappa shape index (κ3) is 14.2. The van der Waals surface area contributed by atoms with Gasteiger partial charge in [0.2, 0.25) is 0 Å². The van der Waals surface area contributed by atoms with E-state index >= 15 is 0 Å². The molecule has 0 aromatic heterocycles. The van der Waals surface area contributed by atoms with Crippen molar-refractivity contribution in [1.29, 1.82) is 0 Å². The molecule has 0 spiro atoms. The first kappa shape index (κ1) is 16.2. The number of rotatable bonds is 10. The van der Waals surface area contributed by atoms with Gasteiger partial charge in [-0.15, -0.1) is 0 Å². The predicted molar refractivity (Wildman–Crippen MR) is 66.7 cm³/mol. The topological polar surface area (TPSA) is 66.8 Å². The van der Waals surface area contributed by atoms with Crippen LogP contribution >= 0.6 is 12.0 Å². The van der Waals surface area contributed by atoms with Gasteiger partial charge in [0, 0.05) is 17.8 Å². The summed E-state index contributed by atoms with van der Waals surface area (Å²) >= 11 is 0.783. The van der Waals surface area contributed by atoms with Gasteiger partial charge in [0.15, 0.2) is 0 Å². The third-order valence-corrected chi connectivity index (χ3v) is 3.50. The van der Waals surface area contributed by atoms with Crippen LogP contribution in [0.4, 0.5) is 0 Å². The van der Waals surface area contributed by atoms with Gasteiger partial charge >= 0.3 is 10.4 Å². The second-order valence-electron chi connectivity index (χ2n) is 3.89. The fourth-order valence-corrected chi connectivity index (χ4v) is 2.29. The molecule has 16 heavy (non-hydrogen) atoms. The Labute approximate surface area is 103 Å². The van der Waals surface area contributed by atoms with Gasteiger partial charge in [-0.3, -0.25) is 4.55 Å². The molecule has 0 aliphatic carbocycles. The normalized spacial score (nSPS) is 12.2. The Morgan fingerprint density at radius 2 is 1.69 bits per heavy atom. The monoisotopic (exact) mass is 271 g/mol. The van der Waals surface area contributed by atoms with Gasteiger partial charge in [-0.2, -0.15) is 12.0 Å². The van der Waals surface area contributed by atoms with Crippen LogP contribution in [0.15, 0.2) is 0 Å². The molecule has 1 N–H and O–H groups in total. The van der Waals surface area contributed by atoms with E-state index in [4.69, 9.17) is 4.55 Å². The molecule has 0 aliphatic heterocycles. The maximum atomic E-state index is 10.2. The van der Waals surface area contributed by atoms with Crippen LogP contribution in [0, 0.1) is 0 Å². The molecular formula is C9H21NO4S2. The lowest BCUT2D eigenvalue weighted by Crippen LogP contribution is -2.12. The first-order valence-corrected chi connectivity index (χ1v) is 7.62. The van der Waals surface area contributed by atoms with Crippen molar-refractivity contribution in [2.75, 3.05) is 26.4 Å². The van der Waals surface area contributed by atoms with Crippen LogP contribution in [0.1, 0.15) is 32.1 Å². The quantitative estimate of drug-likeness (QED) is 0.372. The molecule has 98 valence electrons. The molecule has 5 nitrogen and oxygen atoms in total. The van der Waals surface area contributed by atoms with E-state index in [9.17, 15) is 8.42 Å². The standard InChI is InChI=1S/C9H21NO4S2/c1-10(2)8-6-4-3-5-7-9-15-14-16(11,12)13/h3-9H2,1-2H3,(H,11,12,13). The SMILES string of the molecule is CN(C)CCCCCCCSOS(=O)(=O)O. The highest BCUT2D eigenvalue weighted by Crippen LogP contribution is 2.11. The van der Waals surface area contributed by atoms with Crippen molar-refractivity contribution in [2.45, 2.75) is 32.1 Å². The van der Waals surface area contributed by atoms with Crippen LogP contribution in [0.5, 0.6) is 0 Å². The molecule has 0 amide bonds. The maximum Gasteiger partial charge on any atom is 0.408 e. The maximum absolute atomic E-state index is 10.2. The third-order valence-electron chi connectivity index (χ3n) is 1.97. The van der Waals surface area contributed by atoms with Crippen LogP contribution in [0.25, 0.3) is 0 Å². The Bertz CT molecular complexity index is 254. The average Bonchev–Trinajstić information content (AvgIpc) is 2.13. The summed E-state index contributed by atoms with van der Waals surface area (Å²) in [5.74, 6) is 0.591. The van der Waals surface area contributed by atoms with Gasteiger partial charge in [0.1, 0.15) is 0 Å². The van der Waals surface area contributed by atoms with E-state index in [-0.39, 0.29) is 0 Å². The summed E-state index contributed by atoms with van der Waals surface area (Å²) in [6.45, 7) is 1.11. The molecule has 0 radical (unpaired) electrons. The zero-order chi connectivity index (χ0) is 12.4. The zero-order valence-electron chi connectivity index (χ0n) is 9.89. The Morgan fingerprint density at radius 1 is 1.12 bits per heavy atom. The number of hydrogen-bond donors (Lipinski definition) is 1. The second-order valence-corrected chi connectivity index (χ2v) is 5.93. The largest absolute Gasteiger partial charge is 0.408 e. The highest BCUT2D eigenvalue weighted by Gasteiger charge is 2.03. The lowest BCUT2D eigenvalue weighted by atomic mass is 10.1. The Hall–Kier alpha value is 0.180. The van der Waals surface area contributed by atoms with Crippen LogP contribution < -0.4 is 0 Å². The number of unbranched alkanes of at least 4 members (excludes halogenated alkanes) is 4. The van der Waals surface area contributed by atoms with Gasteiger partial charge < -0.3 is 4.90 Å². The molecule has 0 unspecified atom stereocenters. The van der Waals surface area contributed by atoms with Crippen molar-refractivity contribution in [3.8, 4) is 0 Å². The highest BCUT2D eigenvalue weighted by molar-refractivity contribution is 8.02. The summed E-state index contributed by atoms with van der Waals surface area (Å²) in [5.41, 5.74) is 0. The van der Waals surface area contributed by atoms with E-state index in [2.05, 4.69) is 22.6 Å². The Balaban J connectivity index is 3.10. The fraction of sp³-hybridized carbons (Fsp3) is 1.00. The summed E-state index contributed by atoms with van der Waals surface area (Å²) in [7, 11) is -0.160. The average molecular weight is 271 g/mol. The lowest BCUT2D eigenvalue weighted by molar-refractivity contribution is 0.390. The van der Waals surface area contributed by atoms with E-state index in [1.807, 2.05) is 0 Å². The van der Waals surface area contributed by atoms with Gasteiger partial charge in [-0.1, -0.05) is 19.3 Å². The van der Waals surface area contributed by atoms with Gasteiger partial charge in [0.05, 0.1) is 0 Å². The first-order chi connectivity index (χ1) is 7.42. The summed E-state index contributed by atoms with van der Waals surface area (Å²) in [6, 6.07) is 0. The minimum atomic E-state index is -4.28. The summed E-state index contributed by atoms with van der Waals surface area (Å²) in [6.07, 6.45) is 5.52. The van der Waals surface area contributed by atoms with E-state index in [0.717, 1.165) is 37.8 Å². The molecule has 0 rings (SSSR count). The number of nitrogens with zero attached hydrogens (tertiary/aromatic N) is 1. The Kier molecular flexibility index (Phi) is 9.34. The van der Waals surface area contributed by atoms with E-state index < -0.39 is 10.4 Å². The van der Waals surface area contributed by atoms with Gasteiger partial charge in [0.25, 0.3) is 0 Å². The van der Waals surface area contributed by atoms with Crippen molar-refractivity contribution in [1.82, 2.24) is 4.90 Å². The van der Waals surface area contributed by atoms with Crippen molar-refractivity contribution in [3.63, 3.8) is 0 Å². The molecule has 0 heterocycles. The summed E-state index contributed by atoms with van der Waals surface area (Å²) in [4.78, 5) is 2.16. The first-order valence-electron chi connectivity index (χ1n) is 5.35. The molecule has 0 bridgehead atoms. The number of hydrogen-bond acceptors (Lipinski definition) is 5. The molecule has 0 aliphatic rings. The molecule has 0 aromatic carbocycles. The van der Waals surface area contributed by atoms with Crippen LogP contribution in [0.3, 0.4) is 0 Å². The summed E-state index contributed by atoms with van der Waals surface area (Å²) in [5, 5.41) is 0. The molecule has 0 aromatic rings. The predicted octanol–water partition coefficient (Wildman–Crippen LogP) is 1.97. The van der Waals surface area contributed by atoms with Crippen molar-refractivity contribution >= 4 is 22.4 Å². The van der Waals surface area contributed by atoms with Crippen LogP contribution in [0.2, 0.25) is 0 Å². The van der Waals surface area contributed by atoms with E-state index in [0.29, 0.717) is 5.75 Å². The summed E-state index contributed by atoms with van der Waals surface area (Å²) < 4.78 is 32.7. The molecule has 0 saturated heterocycles. The zero-order valence-corrected chi connectivity index (χ0v) is 11.5. The van der Waals surface area contributed by atoms with E-state index in [1.165, 1.54) is 12.8 Å². The van der Waals surface area contributed by atoms with E-state index in [1.54, 1.807) is 0 Å². The van der Waals surface area contributed by atoms with Crippen molar-refractivity contribution in [3.05, 3.63) is 0 Å². The Morgan fingerprint density at radius 3 is 2.25 bits per heavy atom. The highest BCUT2D eigenvalue weighted by atomic mass is 32.3. The molecule has 0 atom stereocenters. The molecule has 7 heteroatoms. The van der Waals surface area contributed by atoms with Gasteiger partial charge in [-0.05, 0) is 33.5 Å². The molecule has 0 fully saturated rings. The molecule has 0 saturated carbocycles. The minimum absolute atomic E-state index is 0.591. The smallest absolute Gasteiger partial charge is 0.309 e. The molecular weight excluding hydrogens is 250 g/mol. The van der Waals surface area contributed by atoms with Crippen LogP contribution in [-0.2, 0) is 14.0 Å². The lowest BCUT2D eigenvalue weighted by Gasteiger charge is -2.08.